The Morgan fingerprint density at radius 1 is 1.24 bits per heavy atom. The fraction of sp³-hybridized carbons (Fsp3) is 0.176. The normalized spacial score (nSPS) is 10.5. The predicted molar refractivity (Wildman–Crippen MR) is 80.4 cm³/mol. The standard InChI is InChI=1S/C17H15N3O/c1-12-14(10-18)7-8-17-19-15(11-20(12)17)9-13-5-3-4-6-16(13)21-2/h3-8,11H,9H2,1-2H3. The Labute approximate surface area is 123 Å². The number of methoxy groups -OCH3 is 1. The number of nitriles is 1. The number of aryl methyl sites for hydroxylation is 1. The van der Waals surface area contributed by atoms with Gasteiger partial charge in [-0.2, -0.15) is 5.26 Å². The molecule has 2 aromatic heterocycles. The number of pyridine rings is 1. The topological polar surface area (TPSA) is 50.3 Å². The Kier molecular flexibility index (Phi) is 3.33. The molecule has 0 aliphatic heterocycles. The molecular formula is C17H15N3O. The molecule has 0 fully saturated rings. The van der Waals surface area contributed by atoms with Gasteiger partial charge in [0.1, 0.15) is 17.5 Å². The molecule has 0 saturated carbocycles. The molecule has 4 heteroatoms. The van der Waals surface area contributed by atoms with Gasteiger partial charge in [0.25, 0.3) is 0 Å². The molecule has 0 aliphatic rings. The van der Waals surface area contributed by atoms with Crippen LogP contribution in [0.2, 0.25) is 0 Å². The van der Waals surface area contributed by atoms with Crippen LogP contribution in [0.1, 0.15) is 22.5 Å². The van der Waals surface area contributed by atoms with Crippen LogP contribution in [0.4, 0.5) is 0 Å². The van der Waals surface area contributed by atoms with E-state index >= 15 is 0 Å². The van der Waals surface area contributed by atoms with E-state index in [0.717, 1.165) is 28.3 Å². The fourth-order valence-electron chi connectivity index (χ4n) is 2.49. The third kappa shape index (κ3) is 2.34. The van der Waals surface area contributed by atoms with Gasteiger partial charge >= 0.3 is 0 Å². The number of ether oxygens (including phenoxy) is 1. The van der Waals surface area contributed by atoms with Crippen molar-refractivity contribution in [2.75, 3.05) is 7.11 Å². The maximum atomic E-state index is 9.09. The number of hydrogen-bond donors (Lipinski definition) is 0. The van der Waals surface area contributed by atoms with Crippen molar-refractivity contribution in [3.63, 3.8) is 0 Å². The smallest absolute Gasteiger partial charge is 0.137 e. The monoisotopic (exact) mass is 277 g/mol. The lowest BCUT2D eigenvalue weighted by molar-refractivity contribution is 0.410. The molecule has 21 heavy (non-hydrogen) atoms. The molecule has 0 bridgehead atoms. The van der Waals surface area contributed by atoms with Crippen molar-refractivity contribution < 1.29 is 4.74 Å². The van der Waals surface area contributed by atoms with Crippen LogP contribution in [-0.2, 0) is 6.42 Å². The first-order valence-corrected chi connectivity index (χ1v) is 6.72. The van der Waals surface area contributed by atoms with Crippen LogP contribution in [-0.4, -0.2) is 16.5 Å². The highest BCUT2D eigenvalue weighted by molar-refractivity contribution is 5.48. The lowest BCUT2D eigenvalue weighted by Gasteiger charge is -2.05. The third-order valence-electron chi connectivity index (χ3n) is 3.62. The van der Waals surface area contributed by atoms with Crippen LogP contribution >= 0.6 is 0 Å². The van der Waals surface area contributed by atoms with Gasteiger partial charge in [-0.25, -0.2) is 4.98 Å². The molecule has 3 aromatic rings. The summed E-state index contributed by atoms with van der Waals surface area (Å²) in [5.41, 5.74) is 4.49. The number of rotatable bonds is 3. The zero-order valence-electron chi connectivity index (χ0n) is 12.0. The number of imidazole rings is 1. The average Bonchev–Trinajstić information content (AvgIpc) is 2.92. The quantitative estimate of drug-likeness (QED) is 0.739. The van der Waals surface area contributed by atoms with Gasteiger partial charge in [-0.1, -0.05) is 18.2 Å². The van der Waals surface area contributed by atoms with Crippen LogP contribution < -0.4 is 4.74 Å². The number of benzene rings is 1. The second kappa shape index (κ2) is 5.29. The number of hydrogen-bond acceptors (Lipinski definition) is 3. The molecule has 0 atom stereocenters. The van der Waals surface area contributed by atoms with Crippen molar-refractivity contribution >= 4 is 5.65 Å². The van der Waals surface area contributed by atoms with Gasteiger partial charge in [0, 0.05) is 23.9 Å². The number of aromatic nitrogens is 2. The highest BCUT2D eigenvalue weighted by atomic mass is 16.5. The number of nitrogens with zero attached hydrogens (tertiary/aromatic N) is 3. The van der Waals surface area contributed by atoms with Crippen molar-refractivity contribution in [3.05, 3.63) is 65.1 Å². The minimum atomic E-state index is 0.670. The maximum absolute atomic E-state index is 9.09. The summed E-state index contributed by atoms with van der Waals surface area (Å²) >= 11 is 0. The number of fused-ring (bicyclic) bond motifs is 1. The van der Waals surface area contributed by atoms with E-state index in [1.807, 2.05) is 53.9 Å². The summed E-state index contributed by atoms with van der Waals surface area (Å²) in [5, 5.41) is 9.09. The third-order valence-corrected chi connectivity index (χ3v) is 3.62. The van der Waals surface area contributed by atoms with E-state index in [2.05, 4.69) is 11.1 Å². The van der Waals surface area contributed by atoms with Crippen LogP contribution in [0.5, 0.6) is 5.75 Å². The summed E-state index contributed by atoms with van der Waals surface area (Å²) in [6.07, 6.45) is 2.69. The Bertz CT molecular complexity index is 843. The zero-order chi connectivity index (χ0) is 14.8. The lowest BCUT2D eigenvalue weighted by Crippen LogP contribution is -1.94. The van der Waals surface area contributed by atoms with E-state index in [9.17, 15) is 0 Å². The molecule has 0 saturated heterocycles. The number of para-hydroxylation sites is 1. The Morgan fingerprint density at radius 2 is 2.05 bits per heavy atom. The van der Waals surface area contributed by atoms with Crippen molar-refractivity contribution in [1.29, 1.82) is 5.26 Å². The van der Waals surface area contributed by atoms with Gasteiger partial charge in [-0.3, -0.25) is 0 Å². The molecule has 1 aromatic carbocycles. The predicted octanol–water partition coefficient (Wildman–Crippen LogP) is 3.11. The Balaban J connectivity index is 2.02. The molecule has 0 aliphatic carbocycles. The van der Waals surface area contributed by atoms with Crippen molar-refractivity contribution in [1.82, 2.24) is 9.38 Å². The zero-order valence-corrected chi connectivity index (χ0v) is 12.0. The second-order valence-corrected chi connectivity index (χ2v) is 4.89. The van der Waals surface area contributed by atoms with Gasteiger partial charge in [0.2, 0.25) is 0 Å². The fourth-order valence-corrected chi connectivity index (χ4v) is 2.49. The summed E-state index contributed by atoms with van der Waals surface area (Å²) in [6, 6.07) is 13.8. The van der Waals surface area contributed by atoms with Crippen LogP contribution in [0.3, 0.4) is 0 Å². The van der Waals surface area contributed by atoms with Crippen molar-refractivity contribution in [2.24, 2.45) is 0 Å². The van der Waals surface area contributed by atoms with E-state index in [-0.39, 0.29) is 0 Å². The molecule has 0 radical (unpaired) electrons. The molecule has 0 spiro atoms. The summed E-state index contributed by atoms with van der Waals surface area (Å²) in [5.74, 6) is 0.865. The summed E-state index contributed by atoms with van der Waals surface area (Å²) in [6.45, 7) is 1.93. The van der Waals surface area contributed by atoms with E-state index in [0.29, 0.717) is 12.0 Å². The molecule has 104 valence electrons. The Hall–Kier alpha value is -2.80. The highest BCUT2D eigenvalue weighted by Gasteiger charge is 2.09. The van der Waals surface area contributed by atoms with Gasteiger partial charge in [-0.05, 0) is 25.1 Å². The Morgan fingerprint density at radius 3 is 2.81 bits per heavy atom. The van der Waals surface area contributed by atoms with Crippen LogP contribution in [0, 0.1) is 18.3 Å². The minimum Gasteiger partial charge on any atom is -0.496 e. The summed E-state index contributed by atoms with van der Waals surface area (Å²) < 4.78 is 7.34. The van der Waals surface area contributed by atoms with E-state index in [1.165, 1.54) is 0 Å². The molecule has 0 unspecified atom stereocenters. The maximum Gasteiger partial charge on any atom is 0.137 e. The minimum absolute atomic E-state index is 0.670. The van der Waals surface area contributed by atoms with Crippen LogP contribution in [0.25, 0.3) is 5.65 Å². The van der Waals surface area contributed by atoms with Crippen LogP contribution in [0.15, 0.2) is 42.6 Å². The molecule has 0 N–H and O–H groups in total. The molecule has 4 nitrogen and oxygen atoms in total. The van der Waals surface area contributed by atoms with E-state index in [1.54, 1.807) is 7.11 Å². The van der Waals surface area contributed by atoms with Crippen molar-refractivity contribution in [2.45, 2.75) is 13.3 Å². The first kappa shape index (κ1) is 13.2. The highest BCUT2D eigenvalue weighted by Crippen LogP contribution is 2.21. The molecule has 3 rings (SSSR count). The van der Waals surface area contributed by atoms with Gasteiger partial charge in [0.15, 0.2) is 0 Å². The largest absolute Gasteiger partial charge is 0.496 e. The summed E-state index contributed by atoms with van der Waals surface area (Å²) in [7, 11) is 1.67. The first-order valence-electron chi connectivity index (χ1n) is 6.72. The summed E-state index contributed by atoms with van der Waals surface area (Å²) in [4.78, 5) is 4.62. The van der Waals surface area contributed by atoms with Gasteiger partial charge in [0.05, 0.1) is 18.4 Å². The van der Waals surface area contributed by atoms with E-state index in [4.69, 9.17) is 10.00 Å². The van der Waals surface area contributed by atoms with Gasteiger partial charge in [-0.15, -0.1) is 0 Å². The second-order valence-electron chi connectivity index (χ2n) is 4.89. The van der Waals surface area contributed by atoms with Gasteiger partial charge < -0.3 is 9.14 Å². The molecule has 0 amide bonds. The molecule has 2 heterocycles. The lowest BCUT2D eigenvalue weighted by atomic mass is 10.1. The molecular weight excluding hydrogens is 262 g/mol. The van der Waals surface area contributed by atoms with Crippen molar-refractivity contribution in [3.8, 4) is 11.8 Å². The average molecular weight is 277 g/mol. The first-order chi connectivity index (χ1) is 10.2. The van der Waals surface area contributed by atoms with E-state index < -0.39 is 0 Å². The SMILES string of the molecule is COc1ccccc1Cc1cn2c(C)c(C#N)ccc2n1.